The van der Waals surface area contributed by atoms with Crippen molar-refractivity contribution in [2.75, 3.05) is 30.4 Å². The Hall–Kier alpha value is -3.74. The highest BCUT2D eigenvalue weighted by molar-refractivity contribution is 6.06. The van der Waals surface area contributed by atoms with Gasteiger partial charge in [0.05, 0.1) is 24.7 Å². The van der Waals surface area contributed by atoms with E-state index in [-0.39, 0.29) is 17.7 Å². The smallest absolute Gasteiger partial charge is 0.324 e. The summed E-state index contributed by atoms with van der Waals surface area (Å²) < 4.78 is 10.5. The number of furan rings is 1. The summed E-state index contributed by atoms with van der Waals surface area (Å²) in [6.07, 6.45) is 2.27. The van der Waals surface area contributed by atoms with Crippen LogP contribution in [-0.4, -0.2) is 37.0 Å². The zero-order valence-electron chi connectivity index (χ0n) is 16.7. The zero-order chi connectivity index (χ0) is 20.9. The summed E-state index contributed by atoms with van der Waals surface area (Å²) in [5.41, 5.74) is 2.19. The molecule has 0 spiro atoms. The van der Waals surface area contributed by atoms with Gasteiger partial charge in [-0.15, -0.1) is 0 Å². The van der Waals surface area contributed by atoms with Crippen LogP contribution in [-0.2, 0) is 6.54 Å². The Balaban J connectivity index is 1.60. The lowest BCUT2D eigenvalue weighted by Gasteiger charge is -2.36. The first-order valence-corrected chi connectivity index (χ1v) is 9.79. The third-order valence-electron chi connectivity index (χ3n) is 5.02. The molecule has 0 unspecified atom stereocenters. The maximum atomic E-state index is 13.2. The fourth-order valence-electron chi connectivity index (χ4n) is 3.52. The van der Waals surface area contributed by atoms with E-state index in [2.05, 4.69) is 5.32 Å². The van der Waals surface area contributed by atoms with Crippen molar-refractivity contribution in [3.63, 3.8) is 0 Å². The van der Waals surface area contributed by atoms with Crippen LogP contribution < -0.4 is 15.0 Å². The Morgan fingerprint density at radius 3 is 2.67 bits per heavy atom. The SMILES string of the molecule is COc1ccc(N2CCCN(Cc3ccccc3)C2=O)c(NC(=O)c2ccco2)c1. The second-order valence-corrected chi connectivity index (χ2v) is 7.01. The standard InChI is InChI=1S/C23H23N3O4/c1-29-18-10-11-20(19(15-18)24-22(27)21-9-5-14-30-21)26-13-6-12-25(23(26)28)16-17-7-3-2-4-8-17/h2-5,7-11,14-15H,6,12-13,16H2,1H3,(H,24,27). The van der Waals surface area contributed by atoms with Crippen molar-refractivity contribution in [1.29, 1.82) is 0 Å². The van der Waals surface area contributed by atoms with E-state index in [4.69, 9.17) is 9.15 Å². The van der Waals surface area contributed by atoms with Crippen molar-refractivity contribution in [2.24, 2.45) is 0 Å². The second kappa shape index (κ2) is 8.73. The van der Waals surface area contributed by atoms with Gasteiger partial charge in [-0.1, -0.05) is 30.3 Å². The van der Waals surface area contributed by atoms with Gasteiger partial charge in [-0.05, 0) is 36.2 Å². The highest BCUT2D eigenvalue weighted by atomic mass is 16.5. The van der Waals surface area contributed by atoms with E-state index in [9.17, 15) is 9.59 Å². The van der Waals surface area contributed by atoms with Crippen molar-refractivity contribution in [3.8, 4) is 5.75 Å². The molecule has 2 aromatic carbocycles. The second-order valence-electron chi connectivity index (χ2n) is 7.01. The van der Waals surface area contributed by atoms with Crippen LogP contribution in [0.1, 0.15) is 22.5 Å². The lowest BCUT2D eigenvalue weighted by molar-refractivity contribution is 0.0996. The van der Waals surface area contributed by atoms with Gasteiger partial charge in [0.25, 0.3) is 5.91 Å². The normalized spacial score (nSPS) is 14.0. The number of nitrogens with one attached hydrogen (secondary N) is 1. The molecule has 1 saturated heterocycles. The van der Waals surface area contributed by atoms with Crippen LogP contribution in [0.5, 0.6) is 5.75 Å². The lowest BCUT2D eigenvalue weighted by Crippen LogP contribution is -2.49. The molecule has 0 saturated carbocycles. The van der Waals surface area contributed by atoms with E-state index in [1.807, 2.05) is 35.2 Å². The highest BCUT2D eigenvalue weighted by Gasteiger charge is 2.29. The average Bonchev–Trinajstić information content (AvgIpc) is 3.31. The Morgan fingerprint density at radius 1 is 1.10 bits per heavy atom. The Morgan fingerprint density at radius 2 is 1.93 bits per heavy atom. The monoisotopic (exact) mass is 405 g/mol. The van der Waals surface area contributed by atoms with Gasteiger partial charge in [-0.25, -0.2) is 4.79 Å². The van der Waals surface area contributed by atoms with Gasteiger partial charge < -0.3 is 19.4 Å². The molecule has 0 bridgehead atoms. The first-order chi connectivity index (χ1) is 14.7. The van der Waals surface area contributed by atoms with Crippen molar-refractivity contribution in [2.45, 2.75) is 13.0 Å². The molecule has 1 aromatic heterocycles. The molecule has 1 N–H and O–H groups in total. The van der Waals surface area contributed by atoms with Crippen LogP contribution in [0.2, 0.25) is 0 Å². The Bertz CT molecular complexity index is 1020. The van der Waals surface area contributed by atoms with Gasteiger partial charge in [0.1, 0.15) is 5.75 Å². The molecule has 7 nitrogen and oxygen atoms in total. The van der Waals surface area contributed by atoms with Gasteiger partial charge in [0.15, 0.2) is 5.76 Å². The van der Waals surface area contributed by atoms with E-state index in [0.29, 0.717) is 36.8 Å². The van der Waals surface area contributed by atoms with Crippen LogP contribution in [0.25, 0.3) is 0 Å². The molecular formula is C23H23N3O4. The van der Waals surface area contributed by atoms with Gasteiger partial charge in [-0.3, -0.25) is 9.69 Å². The number of carbonyl (C=O) groups is 2. The molecule has 1 fully saturated rings. The molecule has 4 rings (SSSR count). The predicted molar refractivity (Wildman–Crippen MR) is 114 cm³/mol. The number of rotatable bonds is 6. The summed E-state index contributed by atoms with van der Waals surface area (Å²) in [5, 5.41) is 2.84. The number of urea groups is 1. The average molecular weight is 405 g/mol. The number of hydrogen-bond acceptors (Lipinski definition) is 4. The molecule has 7 heteroatoms. The number of anilines is 2. The van der Waals surface area contributed by atoms with Crippen molar-refractivity contribution >= 4 is 23.3 Å². The van der Waals surface area contributed by atoms with Crippen LogP contribution in [0.3, 0.4) is 0 Å². The summed E-state index contributed by atoms with van der Waals surface area (Å²) in [6.45, 7) is 1.80. The van der Waals surface area contributed by atoms with E-state index in [1.165, 1.54) is 6.26 Å². The number of ether oxygens (including phenoxy) is 1. The highest BCUT2D eigenvalue weighted by Crippen LogP contribution is 2.33. The minimum Gasteiger partial charge on any atom is -0.497 e. The van der Waals surface area contributed by atoms with Gasteiger partial charge in [-0.2, -0.15) is 0 Å². The molecule has 30 heavy (non-hydrogen) atoms. The molecule has 0 radical (unpaired) electrons. The number of nitrogens with zero attached hydrogens (tertiary/aromatic N) is 2. The number of amides is 3. The molecule has 3 amide bonds. The number of carbonyl (C=O) groups excluding carboxylic acids is 2. The van der Waals surface area contributed by atoms with Gasteiger partial charge in [0, 0.05) is 25.7 Å². The quantitative estimate of drug-likeness (QED) is 0.661. The number of benzene rings is 2. The maximum absolute atomic E-state index is 13.2. The fraction of sp³-hybridized carbons (Fsp3) is 0.217. The van der Waals surface area contributed by atoms with Crippen LogP contribution in [0.15, 0.2) is 71.3 Å². The first-order valence-electron chi connectivity index (χ1n) is 9.79. The molecular weight excluding hydrogens is 382 g/mol. The summed E-state index contributed by atoms with van der Waals surface area (Å²) in [5.74, 6) is 0.388. The summed E-state index contributed by atoms with van der Waals surface area (Å²) in [7, 11) is 1.56. The van der Waals surface area contributed by atoms with Crippen molar-refractivity contribution < 1.29 is 18.7 Å². The van der Waals surface area contributed by atoms with Crippen molar-refractivity contribution in [3.05, 3.63) is 78.3 Å². The first kappa shape index (κ1) is 19.6. The molecule has 1 aliphatic heterocycles. The Kier molecular flexibility index (Phi) is 5.70. The topological polar surface area (TPSA) is 75.0 Å². The zero-order valence-corrected chi connectivity index (χ0v) is 16.7. The molecule has 0 aliphatic carbocycles. The van der Waals surface area contributed by atoms with E-state index < -0.39 is 0 Å². The molecule has 3 aromatic rings. The van der Waals surface area contributed by atoms with E-state index in [0.717, 1.165) is 12.0 Å². The van der Waals surface area contributed by atoms with E-state index in [1.54, 1.807) is 42.3 Å². The third-order valence-corrected chi connectivity index (χ3v) is 5.02. The fourth-order valence-corrected chi connectivity index (χ4v) is 3.52. The van der Waals surface area contributed by atoms with Gasteiger partial charge in [0.2, 0.25) is 0 Å². The third kappa shape index (κ3) is 4.15. The Labute approximate surface area is 174 Å². The van der Waals surface area contributed by atoms with E-state index >= 15 is 0 Å². The maximum Gasteiger partial charge on any atom is 0.324 e. The van der Waals surface area contributed by atoms with Crippen LogP contribution in [0.4, 0.5) is 16.2 Å². The molecule has 1 aliphatic rings. The minimum absolute atomic E-state index is 0.0937. The van der Waals surface area contributed by atoms with Crippen LogP contribution >= 0.6 is 0 Å². The summed E-state index contributed by atoms with van der Waals surface area (Å²) in [4.78, 5) is 29.3. The number of hydrogen-bond donors (Lipinski definition) is 1. The van der Waals surface area contributed by atoms with Crippen LogP contribution in [0, 0.1) is 0 Å². The summed E-state index contributed by atoms with van der Waals surface area (Å²) in [6, 6.07) is 18.3. The van der Waals surface area contributed by atoms with Crippen molar-refractivity contribution in [1.82, 2.24) is 4.90 Å². The number of methoxy groups -OCH3 is 1. The molecule has 0 atom stereocenters. The molecule has 2 heterocycles. The predicted octanol–water partition coefficient (Wildman–Crippen LogP) is 4.37. The summed E-state index contributed by atoms with van der Waals surface area (Å²) >= 11 is 0. The minimum atomic E-state index is -0.389. The molecule has 154 valence electrons. The largest absolute Gasteiger partial charge is 0.497 e. The van der Waals surface area contributed by atoms with Gasteiger partial charge >= 0.3 is 6.03 Å². The lowest BCUT2D eigenvalue weighted by atomic mass is 10.1.